The molecule has 34 heavy (non-hydrogen) atoms. The molecule has 1 unspecified atom stereocenters. The number of amides is 2. The summed E-state index contributed by atoms with van der Waals surface area (Å²) in [6, 6.07) is 7.55. The molecule has 0 bridgehead atoms. The van der Waals surface area contributed by atoms with Crippen molar-refractivity contribution in [3.8, 4) is 17.6 Å². The fourth-order valence-corrected chi connectivity index (χ4v) is 3.42. The van der Waals surface area contributed by atoms with Crippen LogP contribution >= 0.6 is 0 Å². The van der Waals surface area contributed by atoms with Crippen molar-refractivity contribution < 1.29 is 19.4 Å². The molecule has 0 spiro atoms. The number of ether oxygens (including phenoxy) is 1. The van der Waals surface area contributed by atoms with Crippen LogP contribution < -0.4 is 15.0 Å². The second-order valence-corrected chi connectivity index (χ2v) is 8.53. The Morgan fingerprint density at radius 2 is 2.12 bits per heavy atom. The zero-order valence-corrected chi connectivity index (χ0v) is 19.1. The molecule has 174 valence electrons. The Kier molecular flexibility index (Phi) is 6.34. The van der Waals surface area contributed by atoms with Crippen molar-refractivity contribution in [2.45, 2.75) is 31.9 Å². The third-order valence-electron chi connectivity index (χ3n) is 5.14. The number of pyridine rings is 1. The van der Waals surface area contributed by atoms with Crippen LogP contribution in [0, 0.1) is 11.8 Å². The maximum atomic E-state index is 13.1. The van der Waals surface area contributed by atoms with Gasteiger partial charge in [0.15, 0.2) is 0 Å². The zero-order chi connectivity index (χ0) is 24.3. The summed E-state index contributed by atoms with van der Waals surface area (Å²) in [6.07, 6.45) is 7.27. The van der Waals surface area contributed by atoms with E-state index in [1.807, 2.05) is 12.1 Å². The smallest absolute Gasteiger partial charge is 0.342 e. The normalized spacial score (nSPS) is 15.5. The van der Waals surface area contributed by atoms with Gasteiger partial charge in [-0.3, -0.25) is 9.78 Å². The van der Waals surface area contributed by atoms with Gasteiger partial charge in [-0.2, -0.15) is 9.78 Å². The SMILES string of the molecule is CN1C(=O)C(NC(=O)n2cc(Cc3cccnc3)cn2)COc2ccc(C#CC(C)(C)O)cc21. The molecule has 0 radical (unpaired) electrons. The number of anilines is 1. The number of nitrogens with zero attached hydrogens (tertiary/aromatic N) is 4. The first kappa shape index (κ1) is 23.0. The summed E-state index contributed by atoms with van der Waals surface area (Å²) in [5.41, 5.74) is 1.87. The molecule has 9 nitrogen and oxygen atoms in total. The topological polar surface area (TPSA) is 110 Å². The van der Waals surface area contributed by atoms with Crippen molar-refractivity contribution in [2.24, 2.45) is 0 Å². The summed E-state index contributed by atoms with van der Waals surface area (Å²) in [5.74, 6) is 5.81. The van der Waals surface area contributed by atoms with Crippen LogP contribution in [0.15, 0.2) is 55.1 Å². The van der Waals surface area contributed by atoms with Crippen LogP contribution in [-0.4, -0.2) is 57.1 Å². The lowest BCUT2D eigenvalue weighted by molar-refractivity contribution is -0.120. The lowest BCUT2D eigenvalue weighted by atomic mass is 10.1. The number of nitrogens with one attached hydrogen (secondary N) is 1. The molecule has 2 N–H and O–H groups in total. The first-order chi connectivity index (χ1) is 16.2. The Labute approximate surface area is 197 Å². The first-order valence-corrected chi connectivity index (χ1v) is 10.7. The number of aliphatic hydroxyl groups is 1. The molecule has 1 aliphatic rings. The average molecular weight is 460 g/mol. The van der Waals surface area contributed by atoms with Crippen molar-refractivity contribution in [2.75, 3.05) is 18.6 Å². The molecule has 1 aromatic carbocycles. The summed E-state index contributed by atoms with van der Waals surface area (Å²) in [7, 11) is 1.61. The molecule has 0 aliphatic carbocycles. The highest BCUT2D eigenvalue weighted by Gasteiger charge is 2.31. The standard InChI is InChI=1S/C25H25N5O4/c1-25(2,33)9-8-17-6-7-22-21(12-17)29(3)23(31)20(16-34-22)28-24(32)30-15-19(14-27-30)11-18-5-4-10-26-13-18/h4-7,10,12-15,20,33H,11,16H2,1-3H3,(H,28,32). The number of hydrogen-bond acceptors (Lipinski definition) is 6. The highest BCUT2D eigenvalue weighted by atomic mass is 16.5. The van der Waals surface area contributed by atoms with E-state index in [-0.39, 0.29) is 12.5 Å². The van der Waals surface area contributed by atoms with Crippen LogP contribution in [0.5, 0.6) is 5.75 Å². The van der Waals surface area contributed by atoms with Crippen LogP contribution in [0.3, 0.4) is 0 Å². The van der Waals surface area contributed by atoms with Gasteiger partial charge < -0.3 is 20.1 Å². The number of carbonyl (C=O) groups is 2. The molecule has 1 atom stereocenters. The summed E-state index contributed by atoms with van der Waals surface area (Å²) < 4.78 is 6.98. The fraction of sp³-hybridized carbons (Fsp3) is 0.280. The average Bonchev–Trinajstić information content (AvgIpc) is 3.24. The van der Waals surface area contributed by atoms with Crippen molar-refractivity contribution in [1.82, 2.24) is 20.1 Å². The zero-order valence-electron chi connectivity index (χ0n) is 19.1. The van der Waals surface area contributed by atoms with Crippen molar-refractivity contribution in [3.05, 3.63) is 71.8 Å². The lowest BCUT2D eigenvalue weighted by Gasteiger charge is -2.20. The molecular formula is C25H25N5O4. The fourth-order valence-electron chi connectivity index (χ4n) is 3.42. The molecule has 1 aliphatic heterocycles. The number of aromatic nitrogens is 3. The summed E-state index contributed by atoms with van der Waals surface area (Å²) in [4.78, 5) is 31.3. The quantitative estimate of drug-likeness (QED) is 0.580. The van der Waals surface area contributed by atoms with Gasteiger partial charge in [0.25, 0.3) is 5.91 Å². The molecule has 0 saturated heterocycles. The summed E-state index contributed by atoms with van der Waals surface area (Å²) >= 11 is 0. The first-order valence-electron chi connectivity index (χ1n) is 10.7. The van der Waals surface area contributed by atoms with Crippen LogP contribution in [-0.2, 0) is 11.2 Å². The van der Waals surface area contributed by atoms with E-state index in [1.54, 1.807) is 63.9 Å². The molecular weight excluding hydrogens is 434 g/mol. The van der Waals surface area contributed by atoms with E-state index in [2.05, 4.69) is 27.2 Å². The Bertz CT molecular complexity index is 1270. The highest BCUT2D eigenvalue weighted by molar-refractivity contribution is 6.00. The molecule has 0 fully saturated rings. The van der Waals surface area contributed by atoms with E-state index in [0.29, 0.717) is 23.4 Å². The van der Waals surface area contributed by atoms with E-state index in [1.165, 1.54) is 9.58 Å². The van der Waals surface area contributed by atoms with E-state index >= 15 is 0 Å². The van der Waals surface area contributed by atoms with Gasteiger partial charge in [-0.1, -0.05) is 17.9 Å². The summed E-state index contributed by atoms with van der Waals surface area (Å²) in [5, 5.41) is 16.6. The second kappa shape index (κ2) is 9.37. The van der Waals surface area contributed by atoms with E-state index in [0.717, 1.165) is 11.1 Å². The largest absolute Gasteiger partial charge is 0.489 e. The Hall–Kier alpha value is -4.16. The molecule has 3 aromatic rings. The third kappa shape index (κ3) is 5.42. The minimum absolute atomic E-state index is 0.0274. The van der Waals surface area contributed by atoms with E-state index in [9.17, 15) is 14.7 Å². The van der Waals surface area contributed by atoms with Crippen LogP contribution in [0.4, 0.5) is 10.5 Å². The minimum atomic E-state index is -1.13. The number of fused-ring (bicyclic) bond motifs is 1. The van der Waals surface area contributed by atoms with Gasteiger partial charge in [0.05, 0.1) is 11.9 Å². The van der Waals surface area contributed by atoms with Crippen molar-refractivity contribution >= 4 is 17.6 Å². The third-order valence-corrected chi connectivity index (χ3v) is 5.14. The lowest BCUT2D eigenvalue weighted by Crippen LogP contribution is -2.50. The van der Waals surface area contributed by atoms with Crippen molar-refractivity contribution in [1.29, 1.82) is 0 Å². The summed E-state index contributed by atoms with van der Waals surface area (Å²) in [6.45, 7) is 3.16. The molecule has 2 aromatic heterocycles. The predicted octanol–water partition coefficient (Wildman–Crippen LogP) is 1.97. The maximum Gasteiger partial charge on any atom is 0.342 e. The van der Waals surface area contributed by atoms with E-state index in [4.69, 9.17) is 4.74 Å². The Morgan fingerprint density at radius 1 is 1.29 bits per heavy atom. The van der Waals surface area contributed by atoms with E-state index < -0.39 is 17.7 Å². The van der Waals surface area contributed by atoms with Crippen LogP contribution in [0.25, 0.3) is 0 Å². The predicted molar refractivity (Wildman–Crippen MR) is 126 cm³/mol. The molecule has 0 saturated carbocycles. The Morgan fingerprint density at radius 3 is 2.85 bits per heavy atom. The number of benzene rings is 1. The highest BCUT2D eigenvalue weighted by Crippen LogP contribution is 2.31. The van der Waals surface area contributed by atoms with Crippen molar-refractivity contribution in [3.63, 3.8) is 0 Å². The van der Waals surface area contributed by atoms with Gasteiger partial charge in [0.2, 0.25) is 0 Å². The number of hydrogen-bond donors (Lipinski definition) is 2. The minimum Gasteiger partial charge on any atom is -0.489 e. The second-order valence-electron chi connectivity index (χ2n) is 8.53. The maximum absolute atomic E-state index is 13.1. The van der Waals surface area contributed by atoms with Gasteiger partial charge in [-0.25, -0.2) is 4.79 Å². The monoisotopic (exact) mass is 459 g/mol. The van der Waals surface area contributed by atoms with Gasteiger partial charge >= 0.3 is 6.03 Å². The molecule has 4 rings (SSSR count). The van der Waals surface area contributed by atoms with Crippen LogP contribution in [0.2, 0.25) is 0 Å². The molecule has 9 heteroatoms. The van der Waals surface area contributed by atoms with Gasteiger partial charge in [-0.15, -0.1) is 0 Å². The number of carbonyl (C=O) groups excluding carboxylic acids is 2. The number of likely N-dealkylation sites (N-methyl/N-ethyl adjacent to an activating group) is 1. The number of rotatable bonds is 3. The van der Waals surface area contributed by atoms with Gasteiger partial charge in [-0.05, 0) is 49.2 Å². The molecule has 3 heterocycles. The van der Waals surface area contributed by atoms with Gasteiger partial charge in [0, 0.05) is 37.6 Å². The van der Waals surface area contributed by atoms with Crippen LogP contribution in [0.1, 0.15) is 30.5 Å². The Balaban J connectivity index is 1.46. The molecule has 2 amide bonds. The van der Waals surface area contributed by atoms with Gasteiger partial charge in [0.1, 0.15) is 24.0 Å².